The van der Waals surface area contributed by atoms with Crippen LogP contribution < -0.4 is 5.32 Å². The van der Waals surface area contributed by atoms with E-state index in [2.05, 4.69) is 10.3 Å². The summed E-state index contributed by atoms with van der Waals surface area (Å²) in [7, 11) is 0. The fourth-order valence-corrected chi connectivity index (χ4v) is 2.41. The number of benzene rings is 1. The van der Waals surface area contributed by atoms with Crippen molar-refractivity contribution in [3.8, 4) is 0 Å². The highest BCUT2D eigenvalue weighted by Gasteiger charge is 2.01. The van der Waals surface area contributed by atoms with E-state index in [1.54, 1.807) is 11.3 Å². The number of thiazole rings is 1. The Morgan fingerprint density at radius 3 is 2.56 bits per heavy atom. The van der Waals surface area contributed by atoms with Crippen LogP contribution in [0.2, 0.25) is 0 Å². The van der Waals surface area contributed by atoms with Gasteiger partial charge in [-0.1, -0.05) is 0 Å². The summed E-state index contributed by atoms with van der Waals surface area (Å²) in [5.74, 6) is -1.05. The predicted molar refractivity (Wildman–Crippen MR) is 68.6 cm³/mol. The summed E-state index contributed by atoms with van der Waals surface area (Å²) in [6, 6.07) is 3.60. The number of halogens is 2. The van der Waals surface area contributed by atoms with Crippen LogP contribution in [0.15, 0.2) is 23.6 Å². The van der Waals surface area contributed by atoms with Crippen molar-refractivity contribution < 1.29 is 8.78 Å². The molecule has 0 saturated carbocycles. The molecule has 0 aliphatic heterocycles. The fraction of sp³-hybridized carbons (Fsp3) is 0.308. The maximum atomic E-state index is 12.9. The maximum absolute atomic E-state index is 12.9. The van der Waals surface area contributed by atoms with Crippen molar-refractivity contribution in [1.82, 2.24) is 10.3 Å². The molecule has 0 fully saturated rings. The second-order valence-electron chi connectivity index (χ2n) is 4.09. The summed E-state index contributed by atoms with van der Waals surface area (Å²) in [4.78, 5) is 4.32. The zero-order valence-corrected chi connectivity index (χ0v) is 10.9. The first-order chi connectivity index (χ1) is 8.63. The van der Waals surface area contributed by atoms with E-state index in [0.29, 0.717) is 25.1 Å². The van der Waals surface area contributed by atoms with Crippen LogP contribution in [0.4, 0.5) is 8.78 Å². The van der Waals surface area contributed by atoms with Gasteiger partial charge in [0.2, 0.25) is 0 Å². The molecule has 0 radical (unpaired) electrons. The van der Waals surface area contributed by atoms with Gasteiger partial charge >= 0.3 is 0 Å². The van der Waals surface area contributed by atoms with E-state index in [1.165, 1.54) is 12.1 Å². The van der Waals surface area contributed by atoms with Gasteiger partial charge in [0.1, 0.15) is 16.6 Å². The van der Waals surface area contributed by atoms with Gasteiger partial charge in [0.05, 0.1) is 0 Å². The number of hydrogen-bond donors (Lipinski definition) is 1. The van der Waals surface area contributed by atoms with Gasteiger partial charge in [-0.3, -0.25) is 0 Å². The smallest absolute Gasteiger partial charge is 0.126 e. The molecule has 0 bridgehead atoms. The van der Waals surface area contributed by atoms with Crippen LogP contribution in [0.1, 0.15) is 16.3 Å². The zero-order chi connectivity index (χ0) is 13.0. The maximum Gasteiger partial charge on any atom is 0.126 e. The molecule has 0 aliphatic rings. The van der Waals surface area contributed by atoms with Crippen molar-refractivity contribution in [1.29, 1.82) is 0 Å². The SMILES string of the molecule is Cc1csc(CNCCc2cc(F)cc(F)c2)n1. The van der Waals surface area contributed by atoms with Gasteiger partial charge in [-0.2, -0.15) is 0 Å². The van der Waals surface area contributed by atoms with Crippen molar-refractivity contribution in [3.63, 3.8) is 0 Å². The number of rotatable bonds is 5. The Balaban J connectivity index is 1.78. The standard InChI is InChI=1S/C13H14F2N2S/c1-9-8-18-13(17-9)7-16-3-2-10-4-11(14)6-12(15)5-10/h4-6,8,16H,2-3,7H2,1H3. The predicted octanol–water partition coefficient (Wildman–Crippen LogP) is 3.06. The normalized spacial score (nSPS) is 10.8. The molecule has 96 valence electrons. The van der Waals surface area contributed by atoms with Crippen molar-refractivity contribution in [3.05, 3.63) is 51.5 Å². The minimum Gasteiger partial charge on any atom is -0.310 e. The lowest BCUT2D eigenvalue weighted by Crippen LogP contribution is -2.16. The van der Waals surface area contributed by atoms with Gasteiger partial charge < -0.3 is 5.32 Å². The van der Waals surface area contributed by atoms with Crippen LogP contribution >= 0.6 is 11.3 Å². The summed E-state index contributed by atoms with van der Waals surface area (Å²) < 4.78 is 25.9. The molecule has 0 unspecified atom stereocenters. The molecule has 0 aliphatic carbocycles. The van der Waals surface area contributed by atoms with E-state index in [-0.39, 0.29) is 0 Å². The van der Waals surface area contributed by atoms with E-state index in [1.807, 2.05) is 12.3 Å². The van der Waals surface area contributed by atoms with Crippen molar-refractivity contribution in [2.24, 2.45) is 0 Å². The largest absolute Gasteiger partial charge is 0.310 e. The quantitative estimate of drug-likeness (QED) is 0.843. The Hall–Kier alpha value is -1.33. The van der Waals surface area contributed by atoms with E-state index < -0.39 is 11.6 Å². The van der Waals surface area contributed by atoms with Crippen LogP contribution in [0.5, 0.6) is 0 Å². The monoisotopic (exact) mass is 268 g/mol. The summed E-state index contributed by atoms with van der Waals surface area (Å²) in [5.41, 5.74) is 1.68. The molecule has 2 rings (SSSR count). The number of hydrogen-bond acceptors (Lipinski definition) is 3. The molecular formula is C13H14F2N2S. The van der Waals surface area contributed by atoms with Gasteiger partial charge in [0, 0.05) is 23.7 Å². The van der Waals surface area contributed by atoms with Crippen LogP contribution in [0.3, 0.4) is 0 Å². The van der Waals surface area contributed by atoms with E-state index in [9.17, 15) is 8.78 Å². The molecule has 1 aromatic heterocycles. The summed E-state index contributed by atoms with van der Waals surface area (Å²) in [6.45, 7) is 3.31. The van der Waals surface area contributed by atoms with Gasteiger partial charge in [-0.25, -0.2) is 13.8 Å². The summed E-state index contributed by atoms with van der Waals surface area (Å²) in [5, 5.41) is 6.23. The molecule has 18 heavy (non-hydrogen) atoms. The van der Waals surface area contributed by atoms with Gasteiger partial charge in [0.15, 0.2) is 0 Å². The topological polar surface area (TPSA) is 24.9 Å². The average molecular weight is 268 g/mol. The Bertz CT molecular complexity index is 505. The third-order valence-corrected chi connectivity index (χ3v) is 3.42. The second kappa shape index (κ2) is 6.02. The van der Waals surface area contributed by atoms with E-state index >= 15 is 0 Å². The van der Waals surface area contributed by atoms with E-state index in [4.69, 9.17) is 0 Å². The Kier molecular flexibility index (Phi) is 4.38. The van der Waals surface area contributed by atoms with Crippen LogP contribution in [0.25, 0.3) is 0 Å². The lowest BCUT2D eigenvalue weighted by molar-refractivity contribution is 0.577. The number of aromatic nitrogens is 1. The highest BCUT2D eigenvalue weighted by atomic mass is 32.1. The molecule has 2 nitrogen and oxygen atoms in total. The molecule has 2 aromatic rings. The first kappa shape index (κ1) is 13.1. The second-order valence-corrected chi connectivity index (χ2v) is 5.03. The molecule has 0 amide bonds. The molecule has 1 aromatic carbocycles. The first-order valence-corrected chi connectivity index (χ1v) is 6.58. The van der Waals surface area contributed by atoms with Crippen molar-refractivity contribution in [2.45, 2.75) is 19.9 Å². The Labute approximate surface area is 109 Å². The van der Waals surface area contributed by atoms with Gasteiger partial charge in [-0.05, 0) is 37.6 Å². The lowest BCUT2D eigenvalue weighted by atomic mass is 10.1. The van der Waals surface area contributed by atoms with E-state index in [0.717, 1.165) is 16.8 Å². The first-order valence-electron chi connectivity index (χ1n) is 5.70. The average Bonchev–Trinajstić information content (AvgIpc) is 2.69. The minimum atomic E-state index is -0.527. The zero-order valence-electron chi connectivity index (χ0n) is 10.0. The Morgan fingerprint density at radius 1 is 1.22 bits per heavy atom. The third-order valence-electron chi connectivity index (χ3n) is 2.46. The highest BCUT2D eigenvalue weighted by molar-refractivity contribution is 7.09. The molecule has 0 saturated heterocycles. The molecular weight excluding hydrogens is 254 g/mol. The molecule has 0 spiro atoms. The highest BCUT2D eigenvalue weighted by Crippen LogP contribution is 2.09. The number of nitrogens with zero attached hydrogens (tertiary/aromatic N) is 1. The third kappa shape index (κ3) is 3.85. The molecule has 1 N–H and O–H groups in total. The lowest BCUT2D eigenvalue weighted by Gasteiger charge is -2.03. The fourth-order valence-electron chi connectivity index (χ4n) is 1.67. The van der Waals surface area contributed by atoms with Crippen LogP contribution in [-0.2, 0) is 13.0 Å². The summed E-state index contributed by atoms with van der Waals surface area (Å²) >= 11 is 1.61. The van der Waals surface area contributed by atoms with Gasteiger partial charge in [0.25, 0.3) is 0 Å². The molecule has 1 heterocycles. The minimum absolute atomic E-state index is 0.527. The Morgan fingerprint density at radius 2 is 1.94 bits per heavy atom. The molecule has 5 heteroatoms. The van der Waals surface area contributed by atoms with Crippen molar-refractivity contribution in [2.75, 3.05) is 6.54 Å². The number of nitrogens with one attached hydrogen (secondary N) is 1. The van der Waals surface area contributed by atoms with Crippen molar-refractivity contribution >= 4 is 11.3 Å². The summed E-state index contributed by atoms with van der Waals surface area (Å²) in [6.07, 6.45) is 0.596. The number of aryl methyl sites for hydroxylation is 1. The van der Waals surface area contributed by atoms with Crippen LogP contribution in [-0.4, -0.2) is 11.5 Å². The van der Waals surface area contributed by atoms with Crippen LogP contribution in [0, 0.1) is 18.6 Å². The molecule has 0 atom stereocenters. The van der Waals surface area contributed by atoms with Gasteiger partial charge in [-0.15, -0.1) is 11.3 Å².